The summed E-state index contributed by atoms with van der Waals surface area (Å²) in [6.45, 7) is 3.85. The molecule has 0 saturated heterocycles. The molecule has 17 heavy (non-hydrogen) atoms. The van der Waals surface area contributed by atoms with Crippen molar-refractivity contribution in [2.24, 2.45) is 0 Å². The molecule has 1 N–H and O–H groups in total. The highest BCUT2D eigenvalue weighted by Gasteiger charge is 2.16. The molecule has 1 aromatic rings. The molecule has 1 heterocycles. The van der Waals surface area contributed by atoms with Crippen LogP contribution in [0.2, 0.25) is 0 Å². The third-order valence-electron chi connectivity index (χ3n) is 1.96. The number of thiophene rings is 1. The molecule has 6 heteroatoms. The molecule has 94 valence electrons. The molecule has 1 aromatic heterocycles. The second kappa shape index (κ2) is 6.16. The van der Waals surface area contributed by atoms with Crippen LogP contribution in [-0.2, 0) is 4.79 Å². The Balaban J connectivity index is 2.56. The standard InChI is InChI=1S/C11H15BrN2O2S/c1-7(2)13-10(15)6-14(3)11(16)8-4-5-9(12)17-8/h4-5,7H,6H2,1-3H3,(H,13,15). The average molecular weight is 319 g/mol. The van der Waals surface area contributed by atoms with Crippen LogP contribution in [0.1, 0.15) is 23.5 Å². The van der Waals surface area contributed by atoms with Crippen molar-refractivity contribution in [3.05, 3.63) is 20.8 Å². The summed E-state index contributed by atoms with van der Waals surface area (Å²) in [5.41, 5.74) is 0. The van der Waals surface area contributed by atoms with E-state index in [4.69, 9.17) is 0 Å². The number of likely N-dealkylation sites (N-methyl/N-ethyl adjacent to an activating group) is 1. The first kappa shape index (κ1) is 14.2. The largest absolute Gasteiger partial charge is 0.352 e. The predicted molar refractivity (Wildman–Crippen MR) is 72.3 cm³/mol. The van der Waals surface area contributed by atoms with Crippen molar-refractivity contribution in [3.63, 3.8) is 0 Å². The molecule has 0 aliphatic carbocycles. The smallest absolute Gasteiger partial charge is 0.264 e. The summed E-state index contributed by atoms with van der Waals surface area (Å²) in [7, 11) is 1.62. The second-order valence-electron chi connectivity index (χ2n) is 3.99. The summed E-state index contributed by atoms with van der Waals surface area (Å²) in [5.74, 6) is -0.286. The maximum atomic E-state index is 11.9. The fourth-order valence-corrected chi connectivity index (χ4v) is 2.65. The zero-order valence-corrected chi connectivity index (χ0v) is 12.4. The van der Waals surface area contributed by atoms with Crippen LogP contribution >= 0.6 is 27.3 Å². The molecule has 0 aromatic carbocycles. The van der Waals surface area contributed by atoms with Gasteiger partial charge in [0.15, 0.2) is 0 Å². The molecule has 0 saturated carbocycles. The number of hydrogen-bond acceptors (Lipinski definition) is 3. The maximum Gasteiger partial charge on any atom is 0.264 e. The quantitative estimate of drug-likeness (QED) is 0.924. The van der Waals surface area contributed by atoms with Gasteiger partial charge in [0.1, 0.15) is 0 Å². The Labute approximate surface area is 113 Å². The number of amides is 2. The van der Waals surface area contributed by atoms with Gasteiger partial charge in [-0.3, -0.25) is 9.59 Å². The molecular weight excluding hydrogens is 304 g/mol. The Hall–Kier alpha value is -0.880. The molecule has 0 unspecified atom stereocenters. The fourth-order valence-electron chi connectivity index (χ4n) is 1.27. The Morgan fingerprint density at radius 3 is 2.59 bits per heavy atom. The minimum atomic E-state index is -0.147. The zero-order valence-electron chi connectivity index (χ0n) is 9.99. The van der Waals surface area contributed by atoms with E-state index in [1.807, 2.05) is 19.9 Å². The van der Waals surface area contributed by atoms with Crippen molar-refractivity contribution >= 4 is 39.1 Å². The summed E-state index contributed by atoms with van der Waals surface area (Å²) in [4.78, 5) is 25.4. The minimum Gasteiger partial charge on any atom is -0.352 e. The Morgan fingerprint density at radius 1 is 1.47 bits per heavy atom. The van der Waals surface area contributed by atoms with E-state index in [1.54, 1.807) is 13.1 Å². The van der Waals surface area contributed by atoms with Crippen molar-refractivity contribution in [1.82, 2.24) is 10.2 Å². The summed E-state index contributed by atoms with van der Waals surface area (Å²) >= 11 is 4.66. The van der Waals surface area contributed by atoms with E-state index in [0.717, 1.165) is 3.79 Å². The van der Waals surface area contributed by atoms with Gasteiger partial charge in [-0.25, -0.2) is 0 Å². The van der Waals surface area contributed by atoms with Gasteiger partial charge in [-0.2, -0.15) is 0 Å². The van der Waals surface area contributed by atoms with Gasteiger partial charge < -0.3 is 10.2 Å². The first-order valence-electron chi connectivity index (χ1n) is 5.20. The molecule has 0 atom stereocenters. The van der Waals surface area contributed by atoms with Crippen LogP contribution in [0.15, 0.2) is 15.9 Å². The van der Waals surface area contributed by atoms with Crippen molar-refractivity contribution in [2.45, 2.75) is 19.9 Å². The van der Waals surface area contributed by atoms with Gasteiger partial charge in [-0.05, 0) is 41.9 Å². The molecule has 1 rings (SSSR count). The van der Waals surface area contributed by atoms with E-state index in [1.165, 1.54) is 16.2 Å². The van der Waals surface area contributed by atoms with Crippen LogP contribution in [0, 0.1) is 0 Å². The number of carbonyl (C=O) groups is 2. The summed E-state index contributed by atoms with van der Waals surface area (Å²) in [5, 5.41) is 2.75. The highest BCUT2D eigenvalue weighted by molar-refractivity contribution is 9.11. The van der Waals surface area contributed by atoms with Gasteiger partial charge in [-0.1, -0.05) is 0 Å². The van der Waals surface area contributed by atoms with E-state index >= 15 is 0 Å². The molecule has 0 fully saturated rings. The fraction of sp³-hybridized carbons (Fsp3) is 0.455. The lowest BCUT2D eigenvalue weighted by molar-refractivity contribution is -0.122. The lowest BCUT2D eigenvalue weighted by atomic mass is 10.3. The van der Waals surface area contributed by atoms with Gasteiger partial charge in [0, 0.05) is 13.1 Å². The predicted octanol–water partition coefficient (Wildman–Crippen LogP) is 2.11. The first-order valence-corrected chi connectivity index (χ1v) is 6.81. The molecule has 0 aliphatic rings. The van der Waals surface area contributed by atoms with Crippen LogP contribution < -0.4 is 5.32 Å². The lowest BCUT2D eigenvalue weighted by Crippen LogP contribution is -2.40. The lowest BCUT2D eigenvalue weighted by Gasteiger charge is -2.17. The maximum absolute atomic E-state index is 11.9. The van der Waals surface area contributed by atoms with E-state index in [9.17, 15) is 9.59 Å². The Kier molecular flexibility index (Phi) is 5.14. The monoisotopic (exact) mass is 318 g/mol. The van der Waals surface area contributed by atoms with Gasteiger partial charge in [0.2, 0.25) is 5.91 Å². The van der Waals surface area contributed by atoms with Crippen molar-refractivity contribution in [2.75, 3.05) is 13.6 Å². The third kappa shape index (κ3) is 4.47. The zero-order chi connectivity index (χ0) is 13.0. The summed E-state index contributed by atoms with van der Waals surface area (Å²) in [6, 6.07) is 3.65. The minimum absolute atomic E-state index is 0.0759. The number of nitrogens with zero attached hydrogens (tertiary/aromatic N) is 1. The van der Waals surface area contributed by atoms with Crippen molar-refractivity contribution in [1.29, 1.82) is 0 Å². The molecule has 0 bridgehead atoms. The molecular formula is C11H15BrN2O2S. The van der Waals surface area contributed by atoms with Crippen LogP contribution in [-0.4, -0.2) is 36.3 Å². The first-order chi connectivity index (χ1) is 7.90. The summed E-state index contributed by atoms with van der Waals surface area (Å²) in [6.07, 6.45) is 0. The summed E-state index contributed by atoms with van der Waals surface area (Å²) < 4.78 is 0.904. The van der Waals surface area contributed by atoms with Crippen LogP contribution in [0.5, 0.6) is 0 Å². The van der Waals surface area contributed by atoms with E-state index in [2.05, 4.69) is 21.2 Å². The Morgan fingerprint density at radius 2 is 2.12 bits per heavy atom. The van der Waals surface area contributed by atoms with Crippen LogP contribution in [0.25, 0.3) is 0 Å². The van der Waals surface area contributed by atoms with Gasteiger partial charge in [-0.15, -0.1) is 11.3 Å². The second-order valence-corrected chi connectivity index (χ2v) is 6.45. The number of hydrogen-bond donors (Lipinski definition) is 1. The van der Waals surface area contributed by atoms with E-state index < -0.39 is 0 Å². The van der Waals surface area contributed by atoms with Crippen LogP contribution in [0.4, 0.5) is 0 Å². The van der Waals surface area contributed by atoms with Gasteiger partial charge in [0.05, 0.1) is 15.2 Å². The topological polar surface area (TPSA) is 49.4 Å². The van der Waals surface area contributed by atoms with Crippen molar-refractivity contribution in [3.8, 4) is 0 Å². The van der Waals surface area contributed by atoms with Crippen LogP contribution in [0.3, 0.4) is 0 Å². The number of nitrogens with one attached hydrogen (secondary N) is 1. The number of rotatable bonds is 4. The highest BCUT2D eigenvalue weighted by atomic mass is 79.9. The van der Waals surface area contributed by atoms with Gasteiger partial charge >= 0.3 is 0 Å². The van der Waals surface area contributed by atoms with E-state index in [-0.39, 0.29) is 24.4 Å². The Bertz CT molecular complexity index is 417. The molecule has 0 radical (unpaired) electrons. The highest BCUT2D eigenvalue weighted by Crippen LogP contribution is 2.22. The third-order valence-corrected chi connectivity index (χ3v) is 3.57. The number of halogens is 1. The molecule has 0 aliphatic heterocycles. The van der Waals surface area contributed by atoms with E-state index in [0.29, 0.717) is 4.88 Å². The molecule has 0 spiro atoms. The normalized spacial score (nSPS) is 10.4. The van der Waals surface area contributed by atoms with Crippen molar-refractivity contribution < 1.29 is 9.59 Å². The SMILES string of the molecule is CC(C)NC(=O)CN(C)C(=O)c1ccc(Br)s1. The van der Waals surface area contributed by atoms with Gasteiger partial charge in [0.25, 0.3) is 5.91 Å². The average Bonchev–Trinajstić information content (AvgIpc) is 2.62. The molecule has 4 nitrogen and oxygen atoms in total. The number of carbonyl (C=O) groups excluding carboxylic acids is 2. The molecule has 2 amide bonds.